The molecule has 2 aromatic heterocycles. The largest absolute Gasteiger partial charge is 0.448 e. The number of amides is 1. The SMILES string of the molecule is O=C1OCCN1C[C@H]1OC(n2cnc3c(N[C@@H]4CCOC4)ncnc32)[C@H](O)[C@@H]1O. The molecule has 3 aliphatic rings. The van der Waals surface area contributed by atoms with E-state index >= 15 is 0 Å². The molecule has 3 N–H and O–H groups in total. The summed E-state index contributed by atoms with van der Waals surface area (Å²) in [6.07, 6.45) is -0.678. The molecule has 12 nitrogen and oxygen atoms in total. The number of hydrogen-bond donors (Lipinski definition) is 3. The molecule has 5 rings (SSSR count). The van der Waals surface area contributed by atoms with Crippen molar-refractivity contribution in [3.8, 4) is 0 Å². The van der Waals surface area contributed by atoms with Gasteiger partial charge >= 0.3 is 6.09 Å². The lowest BCUT2D eigenvalue weighted by atomic mass is 10.1. The summed E-state index contributed by atoms with van der Waals surface area (Å²) in [6.45, 7) is 2.16. The zero-order valence-electron chi connectivity index (χ0n) is 15.5. The average molecular weight is 406 g/mol. The van der Waals surface area contributed by atoms with Crippen molar-refractivity contribution in [1.82, 2.24) is 24.4 Å². The summed E-state index contributed by atoms with van der Waals surface area (Å²) >= 11 is 0. The van der Waals surface area contributed by atoms with Crippen LogP contribution in [0.15, 0.2) is 12.7 Å². The van der Waals surface area contributed by atoms with Gasteiger partial charge in [0.25, 0.3) is 0 Å². The number of cyclic esters (lactones) is 1. The van der Waals surface area contributed by atoms with Crippen molar-refractivity contribution in [3.05, 3.63) is 12.7 Å². The van der Waals surface area contributed by atoms with Crippen molar-refractivity contribution < 1.29 is 29.2 Å². The third-order valence-corrected chi connectivity index (χ3v) is 5.49. The van der Waals surface area contributed by atoms with Crippen molar-refractivity contribution in [2.45, 2.75) is 37.0 Å². The predicted molar refractivity (Wildman–Crippen MR) is 97.0 cm³/mol. The molecule has 3 fully saturated rings. The van der Waals surface area contributed by atoms with Crippen LogP contribution in [-0.4, -0.2) is 98.0 Å². The van der Waals surface area contributed by atoms with Gasteiger partial charge in [0.05, 0.1) is 32.1 Å². The number of nitrogens with zero attached hydrogens (tertiary/aromatic N) is 5. The molecule has 29 heavy (non-hydrogen) atoms. The van der Waals surface area contributed by atoms with Gasteiger partial charge in [-0.15, -0.1) is 0 Å². The first-order valence-corrected chi connectivity index (χ1v) is 9.57. The standard InChI is InChI=1S/C17H22N6O6/c24-12-10(5-22-2-4-28-17(22)26)29-16(13(12)25)23-8-20-11-14(18-7-19-15(11)23)21-9-1-3-27-6-9/h7-10,12-13,16,24-25H,1-6H2,(H,18,19,21)/t9-,10-,12-,13-,16?/m1/s1. The predicted octanol–water partition coefficient (Wildman–Crippen LogP) is -0.901. The molecule has 1 unspecified atom stereocenters. The second-order valence-electron chi connectivity index (χ2n) is 7.36. The molecule has 0 spiro atoms. The molecule has 12 heteroatoms. The molecule has 2 aromatic rings. The molecule has 5 atom stereocenters. The van der Waals surface area contributed by atoms with Crippen molar-refractivity contribution >= 4 is 23.1 Å². The van der Waals surface area contributed by atoms with Gasteiger partial charge in [0.2, 0.25) is 0 Å². The zero-order valence-corrected chi connectivity index (χ0v) is 15.5. The Bertz CT molecular complexity index is 902. The molecule has 5 heterocycles. The minimum atomic E-state index is -1.20. The first-order valence-electron chi connectivity index (χ1n) is 9.57. The van der Waals surface area contributed by atoms with Gasteiger partial charge in [0.1, 0.15) is 31.2 Å². The Labute approximate surface area is 165 Å². The minimum absolute atomic E-state index is 0.129. The maximum absolute atomic E-state index is 11.7. The number of hydrogen-bond acceptors (Lipinski definition) is 10. The summed E-state index contributed by atoms with van der Waals surface area (Å²) in [5.74, 6) is 0.577. The number of aliphatic hydroxyl groups excluding tert-OH is 2. The zero-order chi connectivity index (χ0) is 20.0. The molecule has 0 aliphatic carbocycles. The van der Waals surface area contributed by atoms with Gasteiger partial charge in [0.15, 0.2) is 23.2 Å². The lowest BCUT2D eigenvalue weighted by molar-refractivity contribution is -0.0401. The summed E-state index contributed by atoms with van der Waals surface area (Å²) in [7, 11) is 0. The molecule has 0 saturated carbocycles. The average Bonchev–Trinajstić information content (AvgIpc) is 3.49. The van der Waals surface area contributed by atoms with E-state index in [0.717, 1.165) is 6.42 Å². The second kappa shape index (κ2) is 7.37. The van der Waals surface area contributed by atoms with Crippen LogP contribution >= 0.6 is 0 Å². The lowest BCUT2D eigenvalue weighted by Gasteiger charge is -2.20. The van der Waals surface area contributed by atoms with Crippen LogP contribution in [0.2, 0.25) is 0 Å². The van der Waals surface area contributed by atoms with Crippen LogP contribution in [0.4, 0.5) is 10.6 Å². The summed E-state index contributed by atoms with van der Waals surface area (Å²) in [5.41, 5.74) is 1.01. The van der Waals surface area contributed by atoms with Crippen LogP contribution in [0.3, 0.4) is 0 Å². The molecular weight excluding hydrogens is 384 g/mol. The van der Waals surface area contributed by atoms with Gasteiger partial charge in [-0.1, -0.05) is 0 Å². The lowest BCUT2D eigenvalue weighted by Crippen LogP contribution is -2.40. The Kier molecular flexibility index (Phi) is 4.70. The maximum Gasteiger partial charge on any atom is 0.410 e. The molecule has 0 aromatic carbocycles. The number of carbonyl (C=O) groups is 1. The normalized spacial score (nSPS) is 32.3. The van der Waals surface area contributed by atoms with E-state index in [1.807, 2.05) is 0 Å². The Morgan fingerprint density at radius 1 is 1.21 bits per heavy atom. The Balaban J connectivity index is 1.38. The number of aliphatic hydroxyl groups is 2. The molecule has 1 amide bonds. The van der Waals surface area contributed by atoms with Gasteiger partial charge in [-0.25, -0.2) is 19.7 Å². The van der Waals surface area contributed by atoms with Crippen LogP contribution < -0.4 is 5.32 Å². The fraction of sp³-hybridized carbons (Fsp3) is 0.647. The van der Waals surface area contributed by atoms with Crippen molar-refractivity contribution in [1.29, 1.82) is 0 Å². The van der Waals surface area contributed by atoms with E-state index in [2.05, 4.69) is 20.3 Å². The number of carbonyl (C=O) groups excluding carboxylic acids is 1. The minimum Gasteiger partial charge on any atom is -0.448 e. The van der Waals surface area contributed by atoms with Crippen LogP contribution in [0.5, 0.6) is 0 Å². The van der Waals surface area contributed by atoms with E-state index in [1.54, 1.807) is 4.57 Å². The third-order valence-electron chi connectivity index (χ3n) is 5.49. The number of nitrogens with one attached hydrogen (secondary N) is 1. The monoisotopic (exact) mass is 406 g/mol. The van der Waals surface area contributed by atoms with E-state index in [0.29, 0.717) is 43.3 Å². The van der Waals surface area contributed by atoms with E-state index in [9.17, 15) is 15.0 Å². The van der Waals surface area contributed by atoms with Gasteiger partial charge < -0.3 is 34.6 Å². The molecule has 0 bridgehead atoms. The summed E-state index contributed by atoms with van der Waals surface area (Å²) in [5, 5.41) is 24.3. The molecule has 3 saturated heterocycles. The van der Waals surface area contributed by atoms with Gasteiger partial charge in [-0.3, -0.25) is 4.57 Å². The van der Waals surface area contributed by atoms with Gasteiger partial charge in [0, 0.05) is 6.61 Å². The first kappa shape index (κ1) is 18.5. The smallest absolute Gasteiger partial charge is 0.410 e. The van der Waals surface area contributed by atoms with Crippen molar-refractivity contribution in [2.24, 2.45) is 0 Å². The second-order valence-corrected chi connectivity index (χ2v) is 7.36. The topological polar surface area (TPSA) is 144 Å². The van der Waals surface area contributed by atoms with E-state index < -0.39 is 30.6 Å². The number of aromatic nitrogens is 4. The van der Waals surface area contributed by atoms with Crippen LogP contribution in [0, 0.1) is 0 Å². The van der Waals surface area contributed by atoms with Crippen molar-refractivity contribution in [2.75, 3.05) is 38.2 Å². The summed E-state index contributed by atoms with van der Waals surface area (Å²) in [6, 6.07) is 0.151. The number of fused-ring (bicyclic) bond motifs is 1. The highest BCUT2D eigenvalue weighted by Gasteiger charge is 2.46. The fourth-order valence-corrected chi connectivity index (χ4v) is 3.90. The highest BCUT2D eigenvalue weighted by Crippen LogP contribution is 2.33. The number of anilines is 1. The van der Waals surface area contributed by atoms with Crippen LogP contribution in [-0.2, 0) is 14.2 Å². The quantitative estimate of drug-likeness (QED) is 0.571. The van der Waals surface area contributed by atoms with Crippen LogP contribution in [0.25, 0.3) is 11.2 Å². The number of imidazole rings is 1. The van der Waals surface area contributed by atoms with Gasteiger partial charge in [-0.05, 0) is 6.42 Å². The molecular formula is C17H22N6O6. The summed E-state index contributed by atoms with van der Waals surface area (Å²) in [4.78, 5) is 26.1. The Morgan fingerprint density at radius 2 is 2.10 bits per heavy atom. The third kappa shape index (κ3) is 3.27. The van der Waals surface area contributed by atoms with Gasteiger partial charge in [-0.2, -0.15) is 0 Å². The number of rotatable bonds is 5. The highest BCUT2D eigenvalue weighted by atomic mass is 16.6. The van der Waals surface area contributed by atoms with E-state index in [1.165, 1.54) is 17.6 Å². The van der Waals surface area contributed by atoms with E-state index in [-0.39, 0.29) is 12.6 Å². The first-order chi connectivity index (χ1) is 14.1. The molecule has 3 aliphatic heterocycles. The van der Waals surface area contributed by atoms with E-state index in [4.69, 9.17) is 14.2 Å². The fourth-order valence-electron chi connectivity index (χ4n) is 3.90. The maximum atomic E-state index is 11.7. The van der Waals surface area contributed by atoms with Crippen LogP contribution in [0.1, 0.15) is 12.6 Å². The number of ether oxygens (including phenoxy) is 3. The molecule has 156 valence electrons. The van der Waals surface area contributed by atoms with Crippen molar-refractivity contribution in [3.63, 3.8) is 0 Å². The summed E-state index contributed by atoms with van der Waals surface area (Å²) < 4.78 is 17.7. The Hall–Kier alpha value is -2.54. The Morgan fingerprint density at radius 3 is 2.86 bits per heavy atom. The molecule has 0 radical (unpaired) electrons. The highest BCUT2D eigenvalue weighted by molar-refractivity contribution is 5.82.